The Morgan fingerprint density at radius 3 is 2.64 bits per heavy atom. The van der Waals surface area contributed by atoms with E-state index in [1.54, 1.807) is 36.4 Å². The van der Waals surface area contributed by atoms with Crippen LogP contribution in [0.25, 0.3) is 0 Å². The average Bonchev–Trinajstić information content (AvgIpc) is 3.06. The monoisotopic (exact) mass is 296 g/mol. The summed E-state index contributed by atoms with van der Waals surface area (Å²) in [5.41, 5.74) is 3.33. The van der Waals surface area contributed by atoms with E-state index in [0.717, 1.165) is 0 Å². The van der Waals surface area contributed by atoms with Gasteiger partial charge in [0.05, 0.1) is 30.7 Å². The summed E-state index contributed by atoms with van der Waals surface area (Å²) in [6.07, 6.45) is 2.85. The Morgan fingerprint density at radius 1 is 1.23 bits per heavy atom. The van der Waals surface area contributed by atoms with Gasteiger partial charge in [0, 0.05) is 0 Å². The highest BCUT2D eigenvalue weighted by Gasteiger charge is 2.12. The van der Waals surface area contributed by atoms with Crippen LogP contribution in [0, 0.1) is 11.3 Å². The van der Waals surface area contributed by atoms with Crippen LogP contribution in [0.5, 0.6) is 0 Å². The predicted molar refractivity (Wildman–Crippen MR) is 77.4 cm³/mol. The molecule has 0 aliphatic carbocycles. The minimum atomic E-state index is -0.878. The maximum absolute atomic E-state index is 11.5. The van der Waals surface area contributed by atoms with E-state index < -0.39 is 11.8 Å². The molecule has 0 aliphatic rings. The van der Waals surface area contributed by atoms with E-state index >= 15 is 0 Å². The molecule has 0 fully saturated rings. The minimum Gasteiger partial charge on any atom is -0.467 e. The van der Waals surface area contributed by atoms with Crippen molar-refractivity contribution in [1.82, 2.24) is 10.7 Å². The van der Waals surface area contributed by atoms with Gasteiger partial charge in [-0.05, 0) is 29.8 Å². The highest BCUT2D eigenvalue weighted by molar-refractivity contribution is 6.35. The van der Waals surface area contributed by atoms with Gasteiger partial charge in [-0.2, -0.15) is 10.4 Å². The van der Waals surface area contributed by atoms with E-state index in [2.05, 4.69) is 15.8 Å². The van der Waals surface area contributed by atoms with Gasteiger partial charge in [0.15, 0.2) is 0 Å². The van der Waals surface area contributed by atoms with Crippen LogP contribution in [0.2, 0.25) is 0 Å². The van der Waals surface area contributed by atoms with Gasteiger partial charge in [0.1, 0.15) is 5.76 Å². The zero-order chi connectivity index (χ0) is 15.8. The van der Waals surface area contributed by atoms with Crippen molar-refractivity contribution in [3.05, 3.63) is 59.5 Å². The number of benzene rings is 1. The number of hydrazone groups is 1. The van der Waals surface area contributed by atoms with Crippen LogP contribution in [-0.4, -0.2) is 18.0 Å². The van der Waals surface area contributed by atoms with Crippen molar-refractivity contribution < 1.29 is 14.0 Å². The Labute approximate surface area is 126 Å². The van der Waals surface area contributed by atoms with Crippen molar-refractivity contribution >= 4 is 18.0 Å². The second kappa shape index (κ2) is 7.40. The molecule has 7 heteroatoms. The number of nitriles is 1. The van der Waals surface area contributed by atoms with E-state index in [9.17, 15) is 9.59 Å². The third-order valence-electron chi connectivity index (χ3n) is 2.63. The summed E-state index contributed by atoms with van der Waals surface area (Å²) in [5, 5.41) is 14.7. The number of amides is 2. The predicted octanol–water partition coefficient (Wildman–Crippen LogP) is 0.918. The second-order valence-corrected chi connectivity index (χ2v) is 4.19. The lowest BCUT2D eigenvalue weighted by molar-refractivity contribution is -0.139. The fraction of sp³-hybridized carbons (Fsp3) is 0.0667. The van der Waals surface area contributed by atoms with Crippen LogP contribution in [0.3, 0.4) is 0 Å². The first kappa shape index (κ1) is 15.0. The molecule has 1 aromatic carbocycles. The molecule has 22 heavy (non-hydrogen) atoms. The van der Waals surface area contributed by atoms with Crippen LogP contribution in [0.15, 0.2) is 52.2 Å². The van der Waals surface area contributed by atoms with Gasteiger partial charge < -0.3 is 9.73 Å². The summed E-state index contributed by atoms with van der Waals surface area (Å²) >= 11 is 0. The summed E-state index contributed by atoms with van der Waals surface area (Å²) in [4.78, 5) is 23.0. The Morgan fingerprint density at radius 2 is 2.00 bits per heavy atom. The average molecular weight is 296 g/mol. The Hall–Kier alpha value is -3.40. The van der Waals surface area contributed by atoms with Crippen LogP contribution in [-0.2, 0) is 16.1 Å². The number of nitrogens with one attached hydrogen (secondary N) is 2. The Bertz CT molecular complexity index is 712. The molecule has 2 amide bonds. The summed E-state index contributed by atoms with van der Waals surface area (Å²) in [7, 11) is 0. The van der Waals surface area contributed by atoms with Gasteiger partial charge in [-0.3, -0.25) is 9.59 Å². The number of nitrogens with zero attached hydrogens (tertiary/aromatic N) is 2. The molecule has 0 bridgehead atoms. The number of furan rings is 1. The molecule has 1 heterocycles. The van der Waals surface area contributed by atoms with Gasteiger partial charge in [0.25, 0.3) is 0 Å². The third-order valence-corrected chi connectivity index (χ3v) is 2.63. The van der Waals surface area contributed by atoms with Crippen molar-refractivity contribution in [2.45, 2.75) is 6.54 Å². The first-order valence-corrected chi connectivity index (χ1v) is 6.33. The molecule has 0 saturated heterocycles. The highest BCUT2D eigenvalue weighted by Crippen LogP contribution is 2.00. The lowest BCUT2D eigenvalue weighted by Crippen LogP contribution is -2.37. The quantitative estimate of drug-likeness (QED) is 0.497. The normalized spacial score (nSPS) is 10.1. The minimum absolute atomic E-state index is 0.124. The Kier molecular flexibility index (Phi) is 5.04. The van der Waals surface area contributed by atoms with Crippen molar-refractivity contribution in [1.29, 1.82) is 5.26 Å². The van der Waals surface area contributed by atoms with Crippen molar-refractivity contribution in [3.63, 3.8) is 0 Å². The summed E-state index contributed by atoms with van der Waals surface area (Å²) in [6.45, 7) is 0.124. The van der Waals surface area contributed by atoms with E-state index in [-0.39, 0.29) is 6.54 Å². The lowest BCUT2D eigenvalue weighted by atomic mass is 10.2. The van der Waals surface area contributed by atoms with Crippen LogP contribution in [0.4, 0.5) is 0 Å². The lowest BCUT2D eigenvalue weighted by Gasteiger charge is -2.01. The molecule has 1 aromatic heterocycles. The number of rotatable bonds is 4. The van der Waals surface area contributed by atoms with E-state index in [1.165, 1.54) is 12.5 Å². The van der Waals surface area contributed by atoms with Gasteiger partial charge in [-0.1, -0.05) is 12.1 Å². The first-order valence-electron chi connectivity index (χ1n) is 6.33. The summed E-state index contributed by atoms with van der Waals surface area (Å²) < 4.78 is 5.02. The molecule has 110 valence electrons. The highest BCUT2D eigenvalue weighted by atomic mass is 16.3. The fourth-order valence-electron chi connectivity index (χ4n) is 1.52. The first-order chi connectivity index (χ1) is 10.7. The summed E-state index contributed by atoms with van der Waals surface area (Å²) in [6, 6.07) is 12.0. The molecule has 0 spiro atoms. The fourth-order valence-corrected chi connectivity index (χ4v) is 1.52. The molecule has 0 unspecified atom stereocenters. The van der Waals surface area contributed by atoms with E-state index in [0.29, 0.717) is 16.9 Å². The van der Waals surface area contributed by atoms with Crippen molar-refractivity contribution in [2.24, 2.45) is 5.10 Å². The molecule has 7 nitrogen and oxygen atoms in total. The third kappa shape index (κ3) is 4.31. The van der Waals surface area contributed by atoms with Gasteiger partial charge in [0.2, 0.25) is 0 Å². The largest absolute Gasteiger partial charge is 0.467 e. The van der Waals surface area contributed by atoms with Gasteiger partial charge in [-0.25, -0.2) is 5.43 Å². The number of carbonyl (C=O) groups is 2. The smallest absolute Gasteiger partial charge is 0.329 e. The molecule has 2 rings (SSSR count). The number of carbonyl (C=O) groups excluding carboxylic acids is 2. The van der Waals surface area contributed by atoms with Crippen molar-refractivity contribution in [3.8, 4) is 6.07 Å². The van der Waals surface area contributed by atoms with E-state index in [4.69, 9.17) is 9.68 Å². The summed E-state index contributed by atoms with van der Waals surface area (Å²) in [5.74, 6) is -1.15. The zero-order valence-electron chi connectivity index (χ0n) is 11.4. The van der Waals surface area contributed by atoms with Crippen LogP contribution < -0.4 is 10.7 Å². The molecule has 2 aromatic rings. The zero-order valence-corrected chi connectivity index (χ0v) is 11.4. The van der Waals surface area contributed by atoms with Crippen molar-refractivity contribution in [2.75, 3.05) is 0 Å². The molecule has 0 aliphatic heterocycles. The van der Waals surface area contributed by atoms with E-state index in [1.807, 2.05) is 6.07 Å². The van der Waals surface area contributed by atoms with Gasteiger partial charge >= 0.3 is 11.8 Å². The number of hydrogen-bond acceptors (Lipinski definition) is 5. The maximum Gasteiger partial charge on any atom is 0.329 e. The second-order valence-electron chi connectivity index (χ2n) is 4.19. The maximum atomic E-state index is 11.5. The van der Waals surface area contributed by atoms with Gasteiger partial charge in [-0.15, -0.1) is 0 Å². The molecular weight excluding hydrogens is 284 g/mol. The molecular formula is C15H12N4O3. The van der Waals surface area contributed by atoms with Crippen LogP contribution >= 0.6 is 0 Å². The SMILES string of the molecule is N#Cc1ccc(/C=N\NC(=O)C(=O)NCc2ccco2)cc1. The molecule has 0 atom stereocenters. The molecule has 0 saturated carbocycles. The standard InChI is InChI=1S/C15H12N4O3/c16-8-11-3-5-12(6-4-11)9-18-19-15(21)14(20)17-10-13-2-1-7-22-13/h1-7,9H,10H2,(H,17,20)(H,19,21)/b18-9-. The topological polar surface area (TPSA) is 107 Å². The van der Waals surface area contributed by atoms with Crippen LogP contribution in [0.1, 0.15) is 16.9 Å². The Balaban J connectivity index is 1.79. The molecule has 2 N–H and O–H groups in total. The number of hydrogen-bond donors (Lipinski definition) is 2. The molecule has 0 radical (unpaired) electrons.